The van der Waals surface area contributed by atoms with Gasteiger partial charge in [0.25, 0.3) is 0 Å². The molecular formula is C14H28N4. The van der Waals surface area contributed by atoms with Crippen LogP contribution in [0, 0.1) is 11.3 Å². The van der Waals surface area contributed by atoms with Gasteiger partial charge in [-0.3, -0.25) is 4.90 Å². The zero-order valence-corrected chi connectivity index (χ0v) is 12.3. The fraction of sp³-hybridized carbons (Fsp3) is 0.929. The summed E-state index contributed by atoms with van der Waals surface area (Å²) in [5.74, 6) is 0. The van der Waals surface area contributed by atoms with E-state index in [0.717, 1.165) is 38.9 Å². The summed E-state index contributed by atoms with van der Waals surface area (Å²) in [7, 11) is 2.20. The zero-order valence-electron chi connectivity index (χ0n) is 12.3. The fourth-order valence-corrected chi connectivity index (χ4v) is 2.63. The van der Waals surface area contributed by atoms with Gasteiger partial charge in [0.1, 0.15) is 5.54 Å². The largest absolute Gasteiger partial charge is 0.313 e. The number of nitriles is 1. The first-order valence-electron chi connectivity index (χ1n) is 7.06. The van der Waals surface area contributed by atoms with Crippen molar-refractivity contribution < 1.29 is 0 Å². The third-order valence-electron chi connectivity index (χ3n) is 4.39. The smallest absolute Gasteiger partial charge is 0.104 e. The van der Waals surface area contributed by atoms with Gasteiger partial charge in [0.15, 0.2) is 0 Å². The molecule has 104 valence electrons. The van der Waals surface area contributed by atoms with Crippen LogP contribution >= 0.6 is 0 Å². The molecule has 0 aromatic heterocycles. The van der Waals surface area contributed by atoms with Crippen molar-refractivity contribution in [1.82, 2.24) is 9.80 Å². The Morgan fingerprint density at radius 3 is 2.33 bits per heavy atom. The maximum Gasteiger partial charge on any atom is 0.104 e. The third kappa shape index (κ3) is 3.94. The van der Waals surface area contributed by atoms with Crippen LogP contribution in [0.3, 0.4) is 0 Å². The van der Waals surface area contributed by atoms with Gasteiger partial charge in [0.2, 0.25) is 0 Å². The minimum absolute atomic E-state index is 0.610. The van der Waals surface area contributed by atoms with E-state index < -0.39 is 5.54 Å². The molecule has 0 bridgehead atoms. The monoisotopic (exact) mass is 252 g/mol. The Morgan fingerprint density at radius 1 is 1.33 bits per heavy atom. The molecule has 4 heteroatoms. The first-order valence-corrected chi connectivity index (χ1v) is 7.06. The Kier molecular flexibility index (Phi) is 5.58. The van der Waals surface area contributed by atoms with Crippen molar-refractivity contribution in [3.8, 4) is 6.07 Å². The minimum atomic E-state index is -0.621. The number of hydrogen-bond donors (Lipinski definition) is 1. The molecule has 3 atom stereocenters. The predicted octanol–water partition coefficient (Wildman–Crippen LogP) is 1.42. The summed E-state index contributed by atoms with van der Waals surface area (Å²) < 4.78 is 0. The van der Waals surface area contributed by atoms with E-state index in [1.54, 1.807) is 0 Å². The molecular weight excluding hydrogens is 224 g/mol. The van der Waals surface area contributed by atoms with E-state index in [9.17, 15) is 0 Å². The summed E-state index contributed by atoms with van der Waals surface area (Å²) >= 11 is 0. The van der Waals surface area contributed by atoms with Crippen LogP contribution in [-0.2, 0) is 0 Å². The molecule has 0 spiro atoms. The van der Waals surface area contributed by atoms with Gasteiger partial charge in [-0.1, -0.05) is 6.92 Å². The number of hydrogen-bond acceptors (Lipinski definition) is 4. The Bertz CT molecular complexity index is 287. The molecule has 1 fully saturated rings. The Hall–Kier alpha value is -0.630. The maximum atomic E-state index is 9.05. The lowest BCUT2D eigenvalue weighted by Gasteiger charge is -2.42. The van der Waals surface area contributed by atoms with E-state index in [1.165, 1.54) is 0 Å². The van der Waals surface area contributed by atoms with Crippen LogP contribution in [0.15, 0.2) is 0 Å². The quantitative estimate of drug-likeness (QED) is 0.804. The highest BCUT2D eigenvalue weighted by molar-refractivity contribution is 5.03. The molecule has 0 aromatic rings. The zero-order chi connectivity index (χ0) is 13.8. The van der Waals surface area contributed by atoms with Gasteiger partial charge in [-0.15, -0.1) is 0 Å². The van der Waals surface area contributed by atoms with Crippen molar-refractivity contribution in [2.45, 2.75) is 57.7 Å². The van der Waals surface area contributed by atoms with E-state index in [0.29, 0.717) is 12.1 Å². The van der Waals surface area contributed by atoms with Crippen molar-refractivity contribution in [3.05, 3.63) is 0 Å². The van der Waals surface area contributed by atoms with E-state index >= 15 is 0 Å². The van der Waals surface area contributed by atoms with Crippen molar-refractivity contribution in [2.75, 3.05) is 26.7 Å². The Morgan fingerprint density at radius 2 is 1.89 bits per heavy atom. The number of rotatable bonds is 5. The summed E-state index contributed by atoms with van der Waals surface area (Å²) in [5.41, 5.74) is 5.38. The number of likely N-dealkylation sites (N-methyl/N-ethyl adjacent to an activating group) is 1. The molecule has 1 aliphatic heterocycles. The molecule has 18 heavy (non-hydrogen) atoms. The second-order valence-electron chi connectivity index (χ2n) is 5.85. The van der Waals surface area contributed by atoms with Gasteiger partial charge < -0.3 is 10.6 Å². The van der Waals surface area contributed by atoms with E-state index in [2.05, 4.69) is 36.8 Å². The highest BCUT2D eigenvalue weighted by atomic mass is 15.3. The van der Waals surface area contributed by atoms with Crippen LogP contribution in [0.1, 0.15) is 40.0 Å². The molecule has 1 saturated heterocycles. The van der Waals surface area contributed by atoms with Crippen molar-refractivity contribution in [2.24, 2.45) is 5.73 Å². The minimum Gasteiger partial charge on any atom is -0.313 e. The molecule has 1 aliphatic rings. The molecule has 0 radical (unpaired) electrons. The van der Waals surface area contributed by atoms with E-state index in [4.69, 9.17) is 11.0 Å². The molecule has 1 rings (SSSR count). The normalized spacial score (nSPS) is 29.8. The van der Waals surface area contributed by atoms with Crippen molar-refractivity contribution in [1.29, 1.82) is 5.26 Å². The maximum absolute atomic E-state index is 9.05. The number of nitrogens with two attached hydrogens (primary N) is 1. The van der Waals surface area contributed by atoms with Gasteiger partial charge in [0.05, 0.1) is 6.07 Å². The molecule has 4 nitrogen and oxygen atoms in total. The topological polar surface area (TPSA) is 56.3 Å². The molecule has 0 aliphatic carbocycles. The SMILES string of the molecule is CCC(N)(C#N)CCCN1CC(C)N(C)C(C)C1. The molecule has 2 N–H and O–H groups in total. The number of piperazine rings is 1. The first-order chi connectivity index (χ1) is 8.41. The van der Waals surface area contributed by atoms with Gasteiger partial charge in [0, 0.05) is 25.2 Å². The molecule has 3 unspecified atom stereocenters. The fourth-order valence-electron chi connectivity index (χ4n) is 2.63. The van der Waals surface area contributed by atoms with Gasteiger partial charge >= 0.3 is 0 Å². The Balaban J connectivity index is 2.35. The van der Waals surface area contributed by atoms with Crippen LogP contribution in [0.25, 0.3) is 0 Å². The number of nitrogens with zero attached hydrogens (tertiary/aromatic N) is 3. The van der Waals surface area contributed by atoms with Crippen LogP contribution in [0.5, 0.6) is 0 Å². The lowest BCUT2D eigenvalue weighted by atomic mass is 9.93. The van der Waals surface area contributed by atoms with E-state index in [-0.39, 0.29) is 0 Å². The first kappa shape index (κ1) is 15.4. The molecule has 0 aromatic carbocycles. The third-order valence-corrected chi connectivity index (χ3v) is 4.39. The van der Waals surface area contributed by atoms with Crippen LogP contribution < -0.4 is 5.73 Å². The van der Waals surface area contributed by atoms with Gasteiger partial charge in [-0.2, -0.15) is 5.26 Å². The second kappa shape index (κ2) is 6.51. The summed E-state index contributed by atoms with van der Waals surface area (Å²) in [4.78, 5) is 4.94. The summed E-state index contributed by atoms with van der Waals surface area (Å²) in [6.45, 7) is 9.84. The molecule has 0 amide bonds. The van der Waals surface area contributed by atoms with Gasteiger partial charge in [-0.25, -0.2) is 0 Å². The highest BCUT2D eigenvalue weighted by Gasteiger charge is 2.27. The predicted molar refractivity (Wildman–Crippen MR) is 75.2 cm³/mol. The lowest BCUT2D eigenvalue weighted by Crippen LogP contribution is -2.55. The Labute approximate surface area is 112 Å². The van der Waals surface area contributed by atoms with Gasteiger partial charge in [-0.05, 0) is 46.7 Å². The van der Waals surface area contributed by atoms with Crippen LogP contribution in [0.4, 0.5) is 0 Å². The van der Waals surface area contributed by atoms with Crippen molar-refractivity contribution >= 4 is 0 Å². The average molecular weight is 252 g/mol. The lowest BCUT2D eigenvalue weighted by molar-refractivity contribution is 0.0585. The molecule has 0 saturated carbocycles. The summed E-state index contributed by atoms with van der Waals surface area (Å²) in [6.07, 6.45) is 2.55. The van der Waals surface area contributed by atoms with Crippen LogP contribution in [-0.4, -0.2) is 54.1 Å². The second-order valence-corrected chi connectivity index (χ2v) is 5.85. The molecule has 1 heterocycles. The van der Waals surface area contributed by atoms with E-state index in [1.807, 2.05) is 6.92 Å². The summed E-state index contributed by atoms with van der Waals surface area (Å²) in [6, 6.07) is 3.46. The van der Waals surface area contributed by atoms with Crippen LogP contribution in [0.2, 0.25) is 0 Å². The highest BCUT2D eigenvalue weighted by Crippen LogP contribution is 2.17. The summed E-state index contributed by atoms with van der Waals surface area (Å²) in [5, 5.41) is 9.05. The average Bonchev–Trinajstić information content (AvgIpc) is 2.35. The van der Waals surface area contributed by atoms with Crippen molar-refractivity contribution in [3.63, 3.8) is 0 Å². The standard InChI is InChI=1S/C14H28N4/c1-5-14(16,11-15)7-6-8-18-9-12(2)17(4)13(3)10-18/h12-13H,5-10,16H2,1-4H3.